The Morgan fingerprint density at radius 1 is 1.23 bits per heavy atom. The van der Waals surface area contributed by atoms with Crippen LogP contribution in [0.25, 0.3) is 11.1 Å². The zero-order chi connectivity index (χ0) is 19.1. The largest absolute Gasteiger partial charge is 0.495 e. The Morgan fingerprint density at radius 2 is 1.96 bits per heavy atom. The molecule has 26 heavy (non-hydrogen) atoms. The van der Waals surface area contributed by atoms with Crippen LogP contribution in [0.2, 0.25) is 10.0 Å². The van der Waals surface area contributed by atoms with E-state index in [1.807, 2.05) is 0 Å². The molecular formula is C16H14Cl2N2O5S. The number of nitrogens with one attached hydrogen (secondary N) is 1. The van der Waals surface area contributed by atoms with Crippen molar-refractivity contribution in [2.24, 2.45) is 0 Å². The highest BCUT2D eigenvalue weighted by molar-refractivity contribution is 7.92. The molecule has 0 fully saturated rings. The van der Waals surface area contributed by atoms with Crippen LogP contribution < -0.4 is 15.2 Å². The summed E-state index contributed by atoms with van der Waals surface area (Å²) < 4.78 is 39.6. The number of hydrogen-bond donors (Lipinski definition) is 1. The third-order valence-corrected chi connectivity index (χ3v) is 5.80. The number of benzene rings is 2. The van der Waals surface area contributed by atoms with E-state index in [2.05, 4.69) is 4.72 Å². The fraction of sp³-hybridized carbons (Fsp3) is 0.188. The fourth-order valence-electron chi connectivity index (χ4n) is 2.53. The Balaban J connectivity index is 2.12. The fourth-order valence-corrected chi connectivity index (χ4v) is 4.30. The van der Waals surface area contributed by atoms with E-state index in [0.29, 0.717) is 22.8 Å². The summed E-state index contributed by atoms with van der Waals surface area (Å²) in [6.07, 6.45) is 0. The number of halogens is 2. The molecule has 0 saturated carbocycles. The normalized spacial score (nSPS) is 11.7. The predicted molar refractivity (Wildman–Crippen MR) is 100.0 cm³/mol. The van der Waals surface area contributed by atoms with Crippen LogP contribution in [0.5, 0.6) is 5.75 Å². The predicted octanol–water partition coefficient (Wildman–Crippen LogP) is 3.73. The molecule has 138 valence electrons. The van der Waals surface area contributed by atoms with Gasteiger partial charge in [-0.3, -0.25) is 9.29 Å². The van der Waals surface area contributed by atoms with Crippen LogP contribution in [0.4, 0.5) is 5.69 Å². The number of nitrogens with zero attached hydrogens (tertiary/aromatic N) is 1. The number of rotatable bonds is 5. The molecule has 1 heterocycles. The van der Waals surface area contributed by atoms with Gasteiger partial charge in [0.25, 0.3) is 10.0 Å². The van der Waals surface area contributed by atoms with E-state index in [1.54, 1.807) is 13.0 Å². The van der Waals surface area contributed by atoms with Crippen LogP contribution in [0, 0.1) is 0 Å². The van der Waals surface area contributed by atoms with E-state index in [1.165, 1.54) is 35.9 Å². The molecular weight excluding hydrogens is 403 g/mol. The minimum absolute atomic E-state index is 0.0472. The molecule has 0 bridgehead atoms. The first-order valence-corrected chi connectivity index (χ1v) is 9.70. The standard InChI is InChI=1S/C16H14Cl2N2O5S/c1-3-20-12-7-10(18)15(8-14(12)25-16(20)21)26(22,23)19-11-6-9(17)4-5-13(11)24-2/h4-8,19H,3H2,1-2H3. The lowest BCUT2D eigenvalue weighted by molar-refractivity contribution is 0.417. The number of anilines is 1. The Bertz CT molecular complexity index is 1150. The first kappa shape index (κ1) is 18.6. The van der Waals surface area contributed by atoms with Gasteiger partial charge in [0.05, 0.1) is 23.3 Å². The SMILES string of the molecule is CCn1c(=O)oc2cc(S(=O)(=O)Nc3cc(Cl)ccc3OC)c(Cl)cc21. The maximum Gasteiger partial charge on any atom is 0.419 e. The summed E-state index contributed by atoms with van der Waals surface area (Å²) in [7, 11) is -2.68. The van der Waals surface area contributed by atoms with Crippen LogP contribution in [-0.2, 0) is 16.6 Å². The summed E-state index contributed by atoms with van der Waals surface area (Å²) in [5.41, 5.74) is 0.699. The van der Waals surface area contributed by atoms with Crippen molar-refractivity contribution in [1.29, 1.82) is 0 Å². The number of hydrogen-bond acceptors (Lipinski definition) is 5. The third kappa shape index (κ3) is 3.27. The molecule has 0 atom stereocenters. The highest BCUT2D eigenvalue weighted by atomic mass is 35.5. The molecule has 10 heteroatoms. The second-order valence-electron chi connectivity index (χ2n) is 5.31. The van der Waals surface area contributed by atoms with Gasteiger partial charge in [-0.05, 0) is 31.2 Å². The molecule has 2 aromatic carbocycles. The van der Waals surface area contributed by atoms with Gasteiger partial charge >= 0.3 is 5.76 Å². The van der Waals surface area contributed by atoms with Crippen molar-refractivity contribution in [1.82, 2.24) is 4.57 Å². The number of ether oxygens (including phenoxy) is 1. The number of oxazole rings is 1. The van der Waals surface area contributed by atoms with Crippen molar-refractivity contribution in [3.05, 3.63) is 50.9 Å². The minimum atomic E-state index is -4.09. The number of sulfonamides is 1. The minimum Gasteiger partial charge on any atom is -0.495 e. The lowest BCUT2D eigenvalue weighted by Gasteiger charge is -2.13. The lowest BCUT2D eigenvalue weighted by atomic mass is 10.3. The second kappa shape index (κ2) is 6.86. The van der Waals surface area contributed by atoms with Crippen molar-refractivity contribution >= 4 is 50.0 Å². The Kier molecular flexibility index (Phi) is 4.92. The summed E-state index contributed by atoms with van der Waals surface area (Å²) in [5, 5.41) is 0.282. The molecule has 1 aromatic heterocycles. The molecule has 0 aliphatic rings. The summed E-state index contributed by atoms with van der Waals surface area (Å²) >= 11 is 12.1. The summed E-state index contributed by atoms with van der Waals surface area (Å²) in [5.74, 6) is -0.295. The molecule has 0 spiro atoms. The van der Waals surface area contributed by atoms with Gasteiger partial charge in [0.15, 0.2) is 5.58 Å². The van der Waals surface area contributed by atoms with Crippen molar-refractivity contribution in [2.75, 3.05) is 11.8 Å². The van der Waals surface area contributed by atoms with Crippen molar-refractivity contribution in [3.63, 3.8) is 0 Å². The lowest BCUT2D eigenvalue weighted by Crippen LogP contribution is -2.14. The van der Waals surface area contributed by atoms with Gasteiger partial charge in [0, 0.05) is 17.6 Å². The quantitative estimate of drug-likeness (QED) is 0.683. The van der Waals surface area contributed by atoms with Gasteiger partial charge in [0.2, 0.25) is 0 Å². The summed E-state index contributed by atoms with van der Waals surface area (Å²) in [6, 6.07) is 7.11. The van der Waals surface area contributed by atoms with E-state index >= 15 is 0 Å². The molecule has 0 aliphatic heterocycles. The molecule has 0 aliphatic carbocycles. The molecule has 0 saturated heterocycles. The Labute approximate surface area is 159 Å². The first-order chi connectivity index (χ1) is 12.3. The Morgan fingerprint density at radius 3 is 2.62 bits per heavy atom. The van der Waals surface area contributed by atoms with Crippen molar-refractivity contribution < 1.29 is 17.6 Å². The summed E-state index contributed by atoms with van der Waals surface area (Å²) in [6.45, 7) is 2.13. The topological polar surface area (TPSA) is 90.5 Å². The molecule has 3 rings (SSSR count). The molecule has 0 amide bonds. The molecule has 0 unspecified atom stereocenters. The van der Waals surface area contributed by atoms with Gasteiger partial charge in [0.1, 0.15) is 10.6 Å². The highest BCUT2D eigenvalue weighted by Gasteiger charge is 2.23. The maximum atomic E-state index is 12.8. The van der Waals surface area contributed by atoms with Gasteiger partial charge in [-0.25, -0.2) is 13.2 Å². The average Bonchev–Trinajstić information content (AvgIpc) is 2.88. The van der Waals surface area contributed by atoms with Gasteiger partial charge in [-0.2, -0.15) is 0 Å². The van der Waals surface area contributed by atoms with Crippen molar-refractivity contribution in [3.8, 4) is 5.75 Å². The zero-order valence-electron chi connectivity index (χ0n) is 13.7. The van der Waals surface area contributed by atoms with Crippen LogP contribution in [0.3, 0.4) is 0 Å². The maximum absolute atomic E-state index is 12.8. The van der Waals surface area contributed by atoms with Gasteiger partial charge < -0.3 is 9.15 Å². The van der Waals surface area contributed by atoms with E-state index in [9.17, 15) is 13.2 Å². The smallest absolute Gasteiger partial charge is 0.419 e. The van der Waals surface area contributed by atoms with Crippen molar-refractivity contribution in [2.45, 2.75) is 18.4 Å². The number of methoxy groups -OCH3 is 1. The molecule has 7 nitrogen and oxygen atoms in total. The van der Waals surface area contributed by atoms with Crippen LogP contribution in [-0.4, -0.2) is 20.1 Å². The number of fused-ring (bicyclic) bond motifs is 1. The summed E-state index contributed by atoms with van der Waals surface area (Å²) in [4.78, 5) is 11.6. The van der Waals surface area contributed by atoms with E-state index in [4.69, 9.17) is 32.4 Å². The Hall–Kier alpha value is -2.16. The van der Waals surface area contributed by atoms with Gasteiger partial charge in [-0.1, -0.05) is 23.2 Å². The van der Waals surface area contributed by atoms with Crippen LogP contribution in [0.1, 0.15) is 6.92 Å². The van der Waals surface area contributed by atoms with E-state index < -0.39 is 15.8 Å². The van der Waals surface area contributed by atoms with Crippen LogP contribution >= 0.6 is 23.2 Å². The highest BCUT2D eigenvalue weighted by Crippen LogP contribution is 2.33. The van der Waals surface area contributed by atoms with E-state index in [-0.39, 0.29) is 21.2 Å². The number of aromatic nitrogens is 1. The monoisotopic (exact) mass is 416 g/mol. The second-order valence-corrected chi connectivity index (χ2v) is 7.81. The molecule has 1 N–H and O–H groups in total. The zero-order valence-corrected chi connectivity index (χ0v) is 16.1. The first-order valence-electron chi connectivity index (χ1n) is 7.46. The van der Waals surface area contributed by atoms with Gasteiger partial charge in [-0.15, -0.1) is 0 Å². The van der Waals surface area contributed by atoms with E-state index in [0.717, 1.165) is 0 Å². The average molecular weight is 417 g/mol. The molecule has 3 aromatic rings. The number of aryl methyl sites for hydroxylation is 1. The third-order valence-electron chi connectivity index (χ3n) is 3.73. The van der Waals surface area contributed by atoms with Crippen LogP contribution in [0.15, 0.2) is 44.4 Å². The molecule has 0 radical (unpaired) electrons.